The number of Topliss-reactive ketones (excluding diaryl/α,β-unsaturated/α-hetero) is 1. The summed E-state index contributed by atoms with van der Waals surface area (Å²) in [5.74, 6) is 0.0214. The predicted octanol–water partition coefficient (Wildman–Crippen LogP) is 2.87. The average molecular weight is 257 g/mol. The van der Waals surface area contributed by atoms with Gasteiger partial charge in [0.15, 0.2) is 5.78 Å². The molecule has 0 saturated carbocycles. The summed E-state index contributed by atoms with van der Waals surface area (Å²) in [5, 5.41) is 4.57. The van der Waals surface area contributed by atoms with Gasteiger partial charge < -0.3 is 4.74 Å². The molecular weight excluding hydrogens is 240 g/mol. The summed E-state index contributed by atoms with van der Waals surface area (Å²) in [6.45, 7) is 4.72. The Morgan fingerprint density at radius 1 is 1.71 bits per heavy atom. The smallest absolute Gasteiger partial charge is 0.184 e. The van der Waals surface area contributed by atoms with Crippen molar-refractivity contribution in [1.82, 2.24) is 9.78 Å². The van der Waals surface area contributed by atoms with E-state index in [9.17, 15) is 4.79 Å². The molecule has 1 saturated heterocycles. The van der Waals surface area contributed by atoms with Crippen molar-refractivity contribution in [2.45, 2.75) is 45.3 Å². The molecule has 17 heavy (non-hydrogen) atoms. The van der Waals surface area contributed by atoms with Gasteiger partial charge in [-0.2, -0.15) is 5.10 Å². The fourth-order valence-electron chi connectivity index (χ4n) is 2.10. The number of hydrogen-bond donors (Lipinski definition) is 0. The van der Waals surface area contributed by atoms with E-state index in [4.69, 9.17) is 16.3 Å². The number of carbonyl (C=O) groups is 1. The van der Waals surface area contributed by atoms with Crippen molar-refractivity contribution < 1.29 is 9.53 Å². The number of hydrogen-bond acceptors (Lipinski definition) is 3. The van der Waals surface area contributed by atoms with Crippen molar-refractivity contribution in [3.63, 3.8) is 0 Å². The number of aromatic nitrogens is 2. The van der Waals surface area contributed by atoms with Crippen LogP contribution in [0.15, 0.2) is 6.20 Å². The Bertz CT molecular complexity index is 409. The maximum absolute atomic E-state index is 12.2. The van der Waals surface area contributed by atoms with Crippen molar-refractivity contribution in [3.8, 4) is 0 Å². The molecule has 94 valence electrons. The molecule has 0 radical (unpaired) electrons. The van der Waals surface area contributed by atoms with Crippen LogP contribution in [0.3, 0.4) is 0 Å². The zero-order chi connectivity index (χ0) is 12.4. The van der Waals surface area contributed by atoms with E-state index in [1.807, 2.05) is 13.8 Å². The maximum atomic E-state index is 12.2. The monoisotopic (exact) mass is 256 g/mol. The molecule has 1 aromatic heterocycles. The molecule has 2 rings (SSSR count). The highest BCUT2D eigenvalue weighted by Crippen LogP contribution is 2.23. The first-order valence-electron chi connectivity index (χ1n) is 5.97. The molecule has 1 aromatic rings. The summed E-state index contributed by atoms with van der Waals surface area (Å²) in [6, 6.07) is 0.131. The minimum absolute atomic E-state index is 0.0214. The molecule has 0 bridgehead atoms. The lowest BCUT2D eigenvalue weighted by atomic mass is 10.1. The molecule has 5 heteroatoms. The van der Waals surface area contributed by atoms with E-state index in [1.54, 1.807) is 4.68 Å². The Kier molecular flexibility index (Phi) is 3.84. The van der Waals surface area contributed by atoms with Crippen LogP contribution in [0.5, 0.6) is 0 Å². The summed E-state index contributed by atoms with van der Waals surface area (Å²) >= 11 is 6.02. The molecule has 1 aliphatic heterocycles. The summed E-state index contributed by atoms with van der Waals surface area (Å²) in [4.78, 5) is 12.2. The molecule has 0 aromatic carbocycles. The minimum Gasteiger partial charge on any atom is -0.378 e. The lowest BCUT2D eigenvalue weighted by Gasteiger charge is -2.12. The fraction of sp³-hybridized carbons (Fsp3) is 0.667. The number of carbonyl (C=O) groups excluding carboxylic acids is 1. The number of halogens is 1. The zero-order valence-electron chi connectivity index (χ0n) is 10.1. The first-order chi connectivity index (χ1) is 8.09. The van der Waals surface area contributed by atoms with Crippen LogP contribution < -0.4 is 0 Å². The number of nitrogens with zero attached hydrogens (tertiary/aromatic N) is 2. The topological polar surface area (TPSA) is 44.1 Å². The van der Waals surface area contributed by atoms with Gasteiger partial charge >= 0.3 is 0 Å². The second-order valence-electron chi connectivity index (χ2n) is 4.64. The van der Waals surface area contributed by atoms with Crippen LogP contribution in [0.1, 0.15) is 49.6 Å². The Balaban J connectivity index is 2.14. The van der Waals surface area contributed by atoms with E-state index >= 15 is 0 Å². The van der Waals surface area contributed by atoms with E-state index < -0.39 is 0 Å². The van der Waals surface area contributed by atoms with Gasteiger partial charge in [0.05, 0.1) is 17.3 Å². The molecule has 1 atom stereocenters. The molecule has 1 aliphatic rings. The standard InChI is InChI=1S/C12H17ClN2O2/c1-8(2)15-12(10(13)7-14-15)11(16)6-9-4-3-5-17-9/h7-9H,3-6H2,1-2H3. The highest BCUT2D eigenvalue weighted by Gasteiger charge is 2.24. The largest absolute Gasteiger partial charge is 0.378 e. The van der Waals surface area contributed by atoms with Crippen molar-refractivity contribution >= 4 is 17.4 Å². The lowest BCUT2D eigenvalue weighted by Crippen LogP contribution is -2.18. The van der Waals surface area contributed by atoms with Gasteiger partial charge in [0.1, 0.15) is 5.69 Å². The van der Waals surface area contributed by atoms with Gasteiger partial charge in [-0.25, -0.2) is 0 Å². The minimum atomic E-state index is 0.0214. The number of ether oxygens (including phenoxy) is 1. The molecule has 4 nitrogen and oxygen atoms in total. The third kappa shape index (κ3) is 2.69. The molecule has 1 unspecified atom stereocenters. The van der Waals surface area contributed by atoms with Gasteiger partial charge in [0, 0.05) is 19.1 Å². The van der Waals surface area contributed by atoms with E-state index in [0.717, 1.165) is 19.4 Å². The number of rotatable bonds is 4. The van der Waals surface area contributed by atoms with Gasteiger partial charge in [-0.1, -0.05) is 11.6 Å². The van der Waals surface area contributed by atoms with Crippen LogP contribution in [0.25, 0.3) is 0 Å². The van der Waals surface area contributed by atoms with Gasteiger partial charge in [-0.15, -0.1) is 0 Å². The Hall–Kier alpha value is -0.870. The first-order valence-corrected chi connectivity index (χ1v) is 6.35. The molecule has 2 heterocycles. The zero-order valence-corrected chi connectivity index (χ0v) is 10.9. The molecular formula is C12H17ClN2O2. The quantitative estimate of drug-likeness (QED) is 0.778. The van der Waals surface area contributed by atoms with Crippen LogP contribution >= 0.6 is 11.6 Å². The van der Waals surface area contributed by atoms with Crippen LogP contribution in [0, 0.1) is 0 Å². The maximum Gasteiger partial charge on any atom is 0.184 e. The van der Waals surface area contributed by atoms with Crippen molar-refractivity contribution in [2.24, 2.45) is 0 Å². The fourth-order valence-corrected chi connectivity index (χ4v) is 2.34. The Morgan fingerprint density at radius 2 is 2.47 bits per heavy atom. The lowest BCUT2D eigenvalue weighted by molar-refractivity contribution is 0.0766. The first kappa shape index (κ1) is 12.6. The second-order valence-corrected chi connectivity index (χ2v) is 5.05. The Morgan fingerprint density at radius 3 is 3.06 bits per heavy atom. The number of ketones is 1. The Labute approximate surface area is 106 Å². The average Bonchev–Trinajstić information content (AvgIpc) is 2.86. The highest BCUT2D eigenvalue weighted by molar-refractivity contribution is 6.33. The van der Waals surface area contributed by atoms with Crippen molar-refractivity contribution in [2.75, 3.05) is 6.61 Å². The third-order valence-corrected chi connectivity index (χ3v) is 3.22. The summed E-state index contributed by atoms with van der Waals surface area (Å²) in [5.41, 5.74) is 0.511. The predicted molar refractivity (Wildman–Crippen MR) is 65.5 cm³/mol. The van der Waals surface area contributed by atoms with Crippen molar-refractivity contribution in [1.29, 1.82) is 0 Å². The van der Waals surface area contributed by atoms with Crippen LogP contribution in [0.2, 0.25) is 5.02 Å². The second kappa shape index (κ2) is 5.19. The van der Waals surface area contributed by atoms with E-state index in [-0.39, 0.29) is 17.9 Å². The van der Waals surface area contributed by atoms with Gasteiger partial charge in [0.25, 0.3) is 0 Å². The highest BCUT2D eigenvalue weighted by atomic mass is 35.5. The summed E-state index contributed by atoms with van der Waals surface area (Å²) in [6.07, 6.45) is 3.98. The van der Waals surface area contributed by atoms with Crippen LogP contribution in [0.4, 0.5) is 0 Å². The summed E-state index contributed by atoms with van der Waals surface area (Å²) in [7, 11) is 0. The van der Waals surface area contributed by atoms with Gasteiger partial charge in [0.2, 0.25) is 0 Å². The normalized spacial score (nSPS) is 20.1. The molecule has 0 amide bonds. The van der Waals surface area contributed by atoms with E-state index in [2.05, 4.69) is 5.10 Å². The van der Waals surface area contributed by atoms with Gasteiger partial charge in [-0.05, 0) is 26.7 Å². The molecule has 0 aliphatic carbocycles. The van der Waals surface area contributed by atoms with Crippen LogP contribution in [-0.4, -0.2) is 28.3 Å². The molecule has 0 N–H and O–H groups in total. The van der Waals surface area contributed by atoms with Gasteiger partial charge in [-0.3, -0.25) is 9.48 Å². The van der Waals surface area contributed by atoms with Crippen molar-refractivity contribution in [3.05, 3.63) is 16.9 Å². The summed E-state index contributed by atoms with van der Waals surface area (Å²) < 4.78 is 7.15. The van der Waals surface area contributed by atoms with E-state index in [1.165, 1.54) is 6.20 Å². The SMILES string of the molecule is CC(C)n1ncc(Cl)c1C(=O)CC1CCCO1. The molecule has 1 fully saturated rings. The third-order valence-electron chi connectivity index (χ3n) is 2.94. The van der Waals surface area contributed by atoms with Crippen LogP contribution in [-0.2, 0) is 4.74 Å². The van der Waals surface area contributed by atoms with E-state index in [0.29, 0.717) is 17.1 Å². The molecule has 0 spiro atoms.